The number of amides is 1. The fourth-order valence-corrected chi connectivity index (χ4v) is 2.92. The smallest absolute Gasteiger partial charge is 0.230 e. The standard InChI is InChI=1S/C12H14N4OS2/c17-10(13-6-9-2-1-5-18-9)7-19-12-14-11(15-16-12)8-3-4-8/h1-2,5,8H,3-4,6-7H2,(H,13,17)(H,14,15,16). The monoisotopic (exact) mass is 294 g/mol. The van der Waals surface area contributed by atoms with E-state index in [2.05, 4.69) is 20.5 Å². The van der Waals surface area contributed by atoms with Gasteiger partial charge in [0.1, 0.15) is 5.82 Å². The first kappa shape index (κ1) is 12.7. The molecule has 1 aliphatic rings. The molecule has 0 aromatic carbocycles. The number of nitrogens with zero attached hydrogens (tertiary/aromatic N) is 2. The molecule has 19 heavy (non-hydrogen) atoms. The molecule has 1 saturated carbocycles. The number of H-pyrrole nitrogens is 1. The van der Waals surface area contributed by atoms with Crippen LogP contribution in [0.1, 0.15) is 29.5 Å². The highest BCUT2D eigenvalue weighted by Crippen LogP contribution is 2.38. The van der Waals surface area contributed by atoms with Crippen molar-refractivity contribution in [2.24, 2.45) is 0 Å². The molecule has 0 unspecified atom stereocenters. The van der Waals surface area contributed by atoms with E-state index in [0.29, 0.717) is 23.4 Å². The van der Waals surface area contributed by atoms with E-state index in [9.17, 15) is 4.79 Å². The molecule has 0 aliphatic heterocycles. The molecule has 2 N–H and O–H groups in total. The molecule has 0 atom stereocenters. The summed E-state index contributed by atoms with van der Waals surface area (Å²) < 4.78 is 0. The van der Waals surface area contributed by atoms with Crippen molar-refractivity contribution in [3.63, 3.8) is 0 Å². The number of carbonyl (C=O) groups excluding carboxylic acids is 1. The summed E-state index contributed by atoms with van der Waals surface area (Å²) in [6, 6.07) is 3.99. The second kappa shape index (κ2) is 5.75. The summed E-state index contributed by atoms with van der Waals surface area (Å²) in [4.78, 5) is 17.2. The number of thioether (sulfide) groups is 1. The van der Waals surface area contributed by atoms with Gasteiger partial charge in [0.25, 0.3) is 0 Å². The number of carbonyl (C=O) groups is 1. The fraction of sp³-hybridized carbons (Fsp3) is 0.417. The summed E-state index contributed by atoms with van der Waals surface area (Å²) in [6.07, 6.45) is 2.39. The van der Waals surface area contributed by atoms with Crippen LogP contribution in [0.4, 0.5) is 0 Å². The number of aromatic nitrogens is 3. The van der Waals surface area contributed by atoms with Crippen molar-refractivity contribution in [2.45, 2.75) is 30.5 Å². The molecule has 0 radical (unpaired) electrons. The minimum atomic E-state index is 0.0103. The Balaban J connectivity index is 1.41. The first-order valence-corrected chi connectivity index (χ1v) is 8.02. The van der Waals surface area contributed by atoms with Crippen molar-refractivity contribution < 1.29 is 4.79 Å². The SMILES string of the molecule is O=C(CSc1n[nH]c(C2CC2)n1)NCc1cccs1. The number of rotatable bonds is 6. The highest BCUT2D eigenvalue weighted by atomic mass is 32.2. The lowest BCUT2D eigenvalue weighted by Gasteiger charge is -2.01. The van der Waals surface area contributed by atoms with E-state index in [4.69, 9.17) is 0 Å². The normalized spacial score (nSPS) is 14.5. The molecule has 0 spiro atoms. The maximum atomic E-state index is 11.7. The van der Waals surface area contributed by atoms with Gasteiger partial charge in [-0.15, -0.1) is 16.4 Å². The Hall–Kier alpha value is -1.34. The maximum absolute atomic E-state index is 11.7. The van der Waals surface area contributed by atoms with Gasteiger partial charge in [-0.2, -0.15) is 0 Å². The van der Waals surface area contributed by atoms with Crippen molar-refractivity contribution in [3.05, 3.63) is 28.2 Å². The lowest BCUT2D eigenvalue weighted by molar-refractivity contribution is -0.118. The number of aromatic amines is 1. The van der Waals surface area contributed by atoms with E-state index in [1.165, 1.54) is 24.6 Å². The van der Waals surface area contributed by atoms with Crippen LogP contribution in [0.15, 0.2) is 22.7 Å². The number of hydrogen-bond donors (Lipinski definition) is 2. The van der Waals surface area contributed by atoms with Gasteiger partial charge < -0.3 is 5.32 Å². The van der Waals surface area contributed by atoms with Gasteiger partial charge in [0.15, 0.2) is 0 Å². The molecule has 0 bridgehead atoms. The van der Waals surface area contributed by atoms with Crippen molar-refractivity contribution in [2.75, 3.05) is 5.75 Å². The van der Waals surface area contributed by atoms with Crippen LogP contribution in [0.5, 0.6) is 0 Å². The zero-order chi connectivity index (χ0) is 13.1. The molecule has 2 aromatic rings. The van der Waals surface area contributed by atoms with Crippen molar-refractivity contribution in [1.29, 1.82) is 0 Å². The van der Waals surface area contributed by atoms with Gasteiger partial charge in [-0.05, 0) is 24.3 Å². The van der Waals surface area contributed by atoms with Crippen LogP contribution in [0, 0.1) is 0 Å². The third-order valence-corrected chi connectivity index (χ3v) is 4.54. The van der Waals surface area contributed by atoms with Gasteiger partial charge in [0.2, 0.25) is 11.1 Å². The van der Waals surface area contributed by atoms with Crippen molar-refractivity contribution in [3.8, 4) is 0 Å². The average molecular weight is 294 g/mol. The lowest BCUT2D eigenvalue weighted by Crippen LogP contribution is -2.24. The van der Waals surface area contributed by atoms with Crippen LogP contribution in [0.3, 0.4) is 0 Å². The summed E-state index contributed by atoms with van der Waals surface area (Å²) in [5.41, 5.74) is 0. The van der Waals surface area contributed by atoms with E-state index < -0.39 is 0 Å². The third kappa shape index (κ3) is 3.57. The van der Waals surface area contributed by atoms with E-state index in [1.54, 1.807) is 11.3 Å². The largest absolute Gasteiger partial charge is 0.350 e. The van der Waals surface area contributed by atoms with Gasteiger partial charge in [-0.3, -0.25) is 9.89 Å². The second-order valence-electron chi connectivity index (χ2n) is 4.42. The first-order chi connectivity index (χ1) is 9.31. The van der Waals surface area contributed by atoms with Crippen molar-refractivity contribution in [1.82, 2.24) is 20.5 Å². The number of nitrogens with one attached hydrogen (secondary N) is 2. The molecule has 100 valence electrons. The first-order valence-electron chi connectivity index (χ1n) is 6.15. The lowest BCUT2D eigenvalue weighted by atomic mass is 10.4. The Labute approximate surface area is 119 Å². The molecular formula is C12H14N4OS2. The van der Waals surface area contributed by atoms with Crippen LogP contribution in [0.25, 0.3) is 0 Å². The Morgan fingerprint density at radius 2 is 2.47 bits per heavy atom. The number of thiophene rings is 1. The van der Waals surface area contributed by atoms with Gasteiger partial charge in [-0.1, -0.05) is 17.8 Å². The Morgan fingerprint density at radius 3 is 3.21 bits per heavy atom. The molecular weight excluding hydrogens is 280 g/mol. The predicted octanol–water partition coefficient (Wildman–Crippen LogP) is 2.15. The van der Waals surface area contributed by atoms with Gasteiger partial charge >= 0.3 is 0 Å². The zero-order valence-electron chi connectivity index (χ0n) is 10.3. The zero-order valence-corrected chi connectivity index (χ0v) is 11.9. The van der Waals surface area contributed by atoms with E-state index in [0.717, 1.165) is 10.7 Å². The predicted molar refractivity (Wildman–Crippen MR) is 75.2 cm³/mol. The second-order valence-corrected chi connectivity index (χ2v) is 6.40. The Morgan fingerprint density at radius 1 is 1.58 bits per heavy atom. The minimum Gasteiger partial charge on any atom is -0.350 e. The van der Waals surface area contributed by atoms with E-state index in [1.807, 2.05) is 17.5 Å². The quantitative estimate of drug-likeness (QED) is 0.801. The molecule has 2 heterocycles. The highest BCUT2D eigenvalue weighted by Gasteiger charge is 2.27. The van der Waals surface area contributed by atoms with E-state index in [-0.39, 0.29) is 5.91 Å². The molecule has 1 amide bonds. The number of hydrogen-bond acceptors (Lipinski definition) is 5. The summed E-state index contributed by atoms with van der Waals surface area (Å²) in [5.74, 6) is 1.89. The molecule has 3 rings (SSSR count). The van der Waals surface area contributed by atoms with Gasteiger partial charge in [0, 0.05) is 10.8 Å². The topological polar surface area (TPSA) is 70.7 Å². The Bertz CT molecular complexity index is 548. The van der Waals surface area contributed by atoms with Gasteiger partial charge in [0.05, 0.1) is 12.3 Å². The van der Waals surface area contributed by atoms with E-state index >= 15 is 0 Å². The van der Waals surface area contributed by atoms with Crippen LogP contribution < -0.4 is 5.32 Å². The molecule has 5 nitrogen and oxygen atoms in total. The van der Waals surface area contributed by atoms with Crippen LogP contribution in [-0.4, -0.2) is 26.8 Å². The van der Waals surface area contributed by atoms with Crippen molar-refractivity contribution >= 4 is 29.0 Å². The Kier molecular flexibility index (Phi) is 3.84. The third-order valence-electron chi connectivity index (χ3n) is 2.82. The summed E-state index contributed by atoms with van der Waals surface area (Å²) in [6.45, 7) is 0.596. The summed E-state index contributed by atoms with van der Waals surface area (Å²) in [7, 11) is 0. The summed E-state index contributed by atoms with van der Waals surface area (Å²) >= 11 is 3.01. The maximum Gasteiger partial charge on any atom is 0.230 e. The highest BCUT2D eigenvalue weighted by molar-refractivity contribution is 7.99. The molecule has 2 aromatic heterocycles. The molecule has 1 fully saturated rings. The molecule has 7 heteroatoms. The van der Waals surface area contributed by atoms with Crippen LogP contribution >= 0.6 is 23.1 Å². The van der Waals surface area contributed by atoms with Crippen LogP contribution in [-0.2, 0) is 11.3 Å². The summed E-state index contributed by atoms with van der Waals surface area (Å²) in [5, 5.41) is 12.6. The van der Waals surface area contributed by atoms with Crippen LogP contribution in [0.2, 0.25) is 0 Å². The molecule has 0 saturated heterocycles. The minimum absolute atomic E-state index is 0.0103. The fourth-order valence-electron chi connectivity index (χ4n) is 1.64. The average Bonchev–Trinajstić information content (AvgIpc) is 2.95. The van der Waals surface area contributed by atoms with Gasteiger partial charge in [-0.25, -0.2) is 4.98 Å². The molecule has 1 aliphatic carbocycles.